The molecule has 0 amide bonds. The van der Waals surface area contributed by atoms with Crippen molar-refractivity contribution >= 4 is 5.65 Å². The summed E-state index contributed by atoms with van der Waals surface area (Å²) in [6, 6.07) is 7.85. The molecular formula is C14H12FN3O. The van der Waals surface area contributed by atoms with Gasteiger partial charge in [-0.15, -0.1) is 0 Å². The molecule has 19 heavy (non-hydrogen) atoms. The highest BCUT2D eigenvalue weighted by Gasteiger charge is 2.12. The fraction of sp³-hybridized carbons (Fsp3) is 0.143. The molecule has 0 spiro atoms. The molecule has 0 saturated heterocycles. The van der Waals surface area contributed by atoms with Crippen LogP contribution in [-0.2, 0) is 0 Å². The van der Waals surface area contributed by atoms with Crippen LogP contribution in [0.5, 0.6) is 11.5 Å². The first-order valence-electron chi connectivity index (χ1n) is 5.89. The van der Waals surface area contributed by atoms with Gasteiger partial charge in [-0.25, -0.2) is 13.9 Å². The molecule has 0 aliphatic carbocycles. The Kier molecular flexibility index (Phi) is 2.67. The van der Waals surface area contributed by atoms with Crippen LogP contribution in [-0.4, -0.2) is 14.6 Å². The molecule has 0 aliphatic heterocycles. The van der Waals surface area contributed by atoms with Crippen LogP contribution in [0.25, 0.3) is 5.65 Å². The molecule has 96 valence electrons. The number of aryl methyl sites for hydroxylation is 2. The molecule has 0 unspecified atom stereocenters. The summed E-state index contributed by atoms with van der Waals surface area (Å²) in [5, 5.41) is 4.18. The minimum Gasteiger partial charge on any atom is -0.453 e. The highest BCUT2D eigenvalue weighted by molar-refractivity contribution is 5.46. The van der Waals surface area contributed by atoms with Crippen LogP contribution in [0.2, 0.25) is 0 Å². The van der Waals surface area contributed by atoms with Gasteiger partial charge in [0.25, 0.3) is 0 Å². The third-order valence-corrected chi connectivity index (χ3v) is 2.90. The number of hydrogen-bond acceptors (Lipinski definition) is 3. The van der Waals surface area contributed by atoms with Gasteiger partial charge < -0.3 is 4.74 Å². The Balaban J connectivity index is 2.09. The molecule has 2 heterocycles. The minimum absolute atomic E-state index is 0.332. The maximum absolute atomic E-state index is 13.2. The van der Waals surface area contributed by atoms with Crippen molar-refractivity contribution in [2.45, 2.75) is 13.8 Å². The third-order valence-electron chi connectivity index (χ3n) is 2.90. The van der Waals surface area contributed by atoms with Gasteiger partial charge in [0.2, 0.25) is 0 Å². The SMILES string of the molecule is Cc1nc2ccnn2c(C)c1Oc1cccc(F)c1. The first kappa shape index (κ1) is 11.6. The number of fused-ring (bicyclic) bond motifs is 1. The van der Waals surface area contributed by atoms with Gasteiger partial charge in [-0.3, -0.25) is 0 Å². The van der Waals surface area contributed by atoms with E-state index in [0.29, 0.717) is 11.5 Å². The normalized spacial score (nSPS) is 10.9. The zero-order valence-electron chi connectivity index (χ0n) is 10.6. The second kappa shape index (κ2) is 4.35. The number of ether oxygens (including phenoxy) is 1. The molecule has 4 nitrogen and oxygen atoms in total. The summed E-state index contributed by atoms with van der Waals surface area (Å²) in [6.07, 6.45) is 1.68. The predicted octanol–water partition coefficient (Wildman–Crippen LogP) is 3.28. The monoisotopic (exact) mass is 257 g/mol. The lowest BCUT2D eigenvalue weighted by molar-refractivity contribution is 0.460. The molecule has 0 saturated carbocycles. The molecule has 0 fully saturated rings. The molecule has 3 rings (SSSR count). The van der Waals surface area contributed by atoms with E-state index < -0.39 is 0 Å². The van der Waals surface area contributed by atoms with Crippen LogP contribution < -0.4 is 4.74 Å². The van der Waals surface area contributed by atoms with E-state index in [1.807, 2.05) is 19.9 Å². The molecule has 2 aromatic heterocycles. The first-order chi connectivity index (χ1) is 9.15. The first-order valence-corrected chi connectivity index (χ1v) is 5.89. The number of nitrogens with zero attached hydrogens (tertiary/aromatic N) is 3. The lowest BCUT2D eigenvalue weighted by Gasteiger charge is -2.12. The van der Waals surface area contributed by atoms with Crippen LogP contribution >= 0.6 is 0 Å². The highest BCUT2D eigenvalue weighted by Crippen LogP contribution is 2.28. The van der Waals surface area contributed by atoms with Gasteiger partial charge in [0.1, 0.15) is 11.6 Å². The molecule has 0 atom stereocenters. The van der Waals surface area contributed by atoms with Gasteiger partial charge in [-0.1, -0.05) is 6.07 Å². The van der Waals surface area contributed by atoms with Crippen molar-refractivity contribution in [1.82, 2.24) is 14.6 Å². The lowest BCUT2D eigenvalue weighted by Crippen LogP contribution is -2.02. The van der Waals surface area contributed by atoms with E-state index in [-0.39, 0.29) is 5.82 Å². The fourth-order valence-electron chi connectivity index (χ4n) is 2.02. The summed E-state index contributed by atoms with van der Waals surface area (Å²) >= 11 is 0. The maximum Gasteiger partial charge on any atom is 0.169 e. The van der Waals surface area contributed by atoms with E-state index >= 15 is 0 Å². The van der Waals surface area contributed by atoms with Crippen LogP contribution in [0.1, 0.15) is 11.4 Å². The predicted molar refractivity (Wildman–Crippen MR) is 68.9 cm³/mol. The Morgan fingerprint density at radius 2 is 2.05 bits per heavy atom. The highest BCUT2D eigenvalue weighted by atomic mass is 19.1. The average molecular weight is 257 g/mol. The number of rotatable bonds is 2. The summed E-state index contributed by atoms with van der Waals surface area (Å²) in [6.45, 7) is 3.75. The van der Waals surface area contributed by atoms with Gasteiger partial charge in [-0.2, -0.15) is 5.10 Å². The van der Waals surface area contributed by atoms with Crippen molar-refractivity contribution in [1.29, 1.82) is 0 Å². The van der Waals surface area contributed by atoms with Crippen molar-refractivity contribution in [3.05, 3.63) is 53.7 Å². The smallest absolute Gasteiger partial charge is 0.169 e. The van der Waals surface area contributed by atoms with E-state index in [1.54, 1.807) is 22.8 Å². The molecular weight excluding hydrogens is 245 g/mol. The summed E-state index contributed by atoms with van der Waals surface area (Å²) in [5.41, 5.74) is 2.34. The van der Waals surface area contributed by atoms with E-state index in [2.05, 4.69) is 10.1 Å². The summed E-state index contributed by atoms with van der Waals surface area (Å²) < 4.78 is 20.6. The van der Waals surface area contributed by atoms with E-state index in [4.69, 9.17) is 4.74 Å². The van der Waals surface area contributed by atoms with Gasteiger partial charge in [0.05, 0.1) is 17.6 Å². The molecule has 5 heteroatoms. The quantitative estimate of drug-likeness (QED) is 0.707. The Hall–Kier alpha value is -2.43. The Morgan fingerprint density at radius 1 is 1.21 bits per heavy atom. The van der Waals surface area contributed by atoms with Crippen molar-refractivity contribution in [2.75, 3.05) is 0 Å². The fourth-order valence-corrected chi connectivity index (χ4v) is 2.02. The Morgan fingerprint density at radius 3 is 2.84 bits per heavy atom. The topological polar surface area (TPSA) is 39.4 Å². The number of benzene rings is 1. The second-order valence-corrected chi connectivity index (χ2v) is 4.27. The molecule has 0 aliphatic rings. The second-order valence-electron chi connectivity index (χ2n) is 4.27. The molecule has 0 bridgehead atoms. The molecule has 1 aromatic carbocycles. The average Bonchev–Trinajstić information content (AvgIpc) is 2.83. The summed E-state index contributed by atoms with van der Waals surface area (Å²) in [7, 11) is 0. The van der Waals surface area contributed by atoms with Gasteiger partial charge in [0, 0.05) is 12.1 Å². The molecule has 3 aromatic rings. The van der Waals surface area contributed by atoms with Crippen molar-refractivity contribution in [3.63, 3.8) is 0 Å². The molecule has 0 radical (unpaired) electrons. The maximum atomic E-state index is 13.2. The standard InChI is InChI=1S/C14H12FN3O/c1-9-14(19-12-5-3-4-11(15)8-12)10(2)18-13(17-9)6-7-16-18/h3-8H,1-2H3. The van der Waals surface area contributed by atoms with Gasteiger partial charge >= 0.3 is 0 Å². The zero-order chi connectivity index (χ0) is 13.4. The summed E-state index contributed by atoms with van der Waals surface area (Å²) in [4.78, 5) is 4.40. The minimum atomic E-state index is -0.332. The Labute approximate surface area is 109 Å². The van der Waals surface area contributed by atoms with Crippen molar-refractivity contribution in [3.8, 4) is 11.5 Å². The largest absolute Gasteiger partial charge is 0.453 e. The van der Waals surface area contributed by atoms with Gasteiger partial charge in [-0.05, 0) is 26.0 Å². The lowest BCUT2D eigenvalue weighted by atomic mass is 10.3. The van der Waals surface area contributed by atoms with Crippen LogP contribution in [0.4, 0.5) is 4.39 Å². The number of hydrogen-bond donors (Lipinski definition) is 0. The number of halogens is 1. The molecule has 0 N–H and O–H groups in total. The number of aromatic nitrogens is 3. The van der Waals surface area contributed by atoms with Crippen LogP contribution in [0, 0.1) is 19.7 Å². The van der Waals surface area contributed by atoms with E-state index in [1.165, 1.54) is 12.1 Å². The van der Waals surface area contributed by atoms with Crippen LogP contribution in [0.3, 0.4) is 0 Å². The van der Waals surface area contributed by atoms with Crippen molar-refractivity contribution in [2.24, 2.45) is 0 Å². The van der Waals surface area contributed by atoms with Crippen molar-refractivity contribution < 1.29 is 9.13 Å². The van der Waals surface area contributed by atoms with E-state index in [0.717, 1.165) is 17.0 Å². The van der Waals surface area contributed by atoms with E-state index in [9.17, 15) is 4.39 Å². The van der Waals surface area contributed by atoms with Crippen LogP contribution in [0.15, 0.2) is 36.5 Å². The Bertz CT molecular complexity index is 752. The summed E-state index contributed by atoms with van der Waals surface area (Å²) in [5.74, 6) is 0.710. The third kappa shape index (κ3) is 2.03. The van der Waals surface area contributed by atoms with Gasteiger partial charge in [0.15, 0.2) is 11.4 Å². The zero-order valence-corrected chi connectivity index (χ0v) is 10.6.